The van der Waals surface area contributed by atoms with Gasteiger partial charge in [-0.15, -0.1) is 0 Å². The van der Waals surface area contributed by atoms with Crippen LogP contribution in [0.4, 0.5) is 11.6 Å². The van der Waals surface area contributed by atoms with Crippen molar-refractivity contribution in [2.75, 3.05) is 25.1 Å². The number of aromatic nitrogens is 4. The first-order valence-electron chi connectivity index (χ1n) is 13.2. The lowest BCUT2D eigenvalue weighted by molar-refractivity contribution is 0.414. The van der Waals surface area contributed by atoms with Crippen molar-refractivity contribution in [3.8, 4) is 5.75 Å². The Morgan fingerprint density at radius 1 is 0.923 bits per heavy atom. The van der Waals surface area contributed by atoms with Gasteiger partial charge in [-0.05, 0) is 74.0 Å². The van der Waals surface area contributed by atoms with Crippen LogP contribution >= 0.6 is 0 Å². The smallest absolute Gasteiger partial charge is 0.253 e. The van der Waals surface area contributed by atoms with Crippen molar-refractivity contribution in [3.05, 3.63) is 119 Å². The van der Waals surface area contributed by atoms with E-state index >= 15 is 0 Å². The van der Waals surface area contributed by atoms with E-state index in [1.54, 1.807) is 30.0 Å². The summed E-state index contributed by atoms with van der Waals surface area (Å²) in [6.07, 6.45) is 5.51. The normalized spacial score (nSPS) is 14.7. The predicted molar refractivity (Wildman–Crippen MR) is 153 cm³/mol. The summed E-state index contributed by atoms with van der Waals surface area (Å²) in [7, 11) is 1.64. The maximum atomic E-state index is 13.6. The summed E-state index contributed by atoms with van der Waals surface area (Å²) < 4.78 is 7.11. The van der Waals surface area contributed by atoms with Crippen LogP contribution in [0, 0.1) is 0 Å². The van der Waals surface area contributed by atoms with Crippen molar-refractivity contribution in [1.82, 2.24) is 24.8 Å². The molecule has 1 saturated heterocycles. The summed E-state index contributed by atoms with van der Waals surface area (Å²) in [5.74, 6) is 1.32. The molecule has 39 heavy (non-hydrogen) atoms. The average molecular weight is 519 g/mol. The molecule has 1 fully saturated rings. The minimum absolute atomic E-state index is 0.160. The highest BCUT2D eigenvalue weighted by molar-refractivity contribution is 5.76. The maximum Gasteiger partial charge on any atom is 0.253 e. The van der Waals surface area contributed by atoms with Gasteiger partial charge in [0, 0.05) is 35.6 Å². The number of hydrogen-bond acceptors (Lipinski definition) is 7. The molecule has 8 heteroatoms. The van der Waals surface area contributed by atoms with E-state index in [1.165, 1.54) is 0 Å². The van der Waals surface area contributed by atoms with Crippen LogP contribution in [0.25, 0.3) is 11.0 Å². The second kappa shape index (κ2) is 11.0. The van der Waals surface area contributed by atoms with E-state index in [4.69, 9.17) is 14.7 Å². The molecular formula is C31H30N6O2. The maximum absolute atomic E-state index is 13.6. The number of anilines is 2. The van der Waals surface area contributed by atoms with E-state index in [-0.39, 0.29) is 11.6 Å². The first-order valence-corrected chi connectivity index (χ1v) is 13.2. The zero-order valence-corrected chi connectivity index (χ0v) is 21.8. The van der Waals surface area contributed by atoms with Crippen molar-refractivity contribution >= 4 is 22.7 Å². The molecule has 5 aromatic rings. The summed E-state index contributed by atoms with van der Waals surface area (Å²) in [5, 5.41) is 4.23. The molecule has 6 rings (SSSR count). The Balaban J connectivity index is 1.56. The predicted octanol–water partition coefficient (Wildman–Crippen LogP) is 4.72. The number of nitrogens with zero attached hydrogens (tertiary/aromatic N) is 5. The quantitative estimate of drug-likeness (QED) is 0.334. The number of benzene rings is 2. The van der Waals surface area contributed by atoms with Crippen LogP contribution in [0.15, 0.2) is 102 Å². The second-order valence-electron chi connectivity index (χ2n) is 9.61. The van der Waals surface area contributed by atoms with Crippen molar-refractivity contribution in [2.45, 2.75) is 24.9 Å². The van der Waals surface area contributed by atoms with Crippen LogP contribution in [0.2, 0.25) is 0 Å². The van der Waals surface area contributed by atoms with E-state index in [0.29, 0.717) is 11.6 Å². The molecule has 0 saturated carbocycles. The number of hydrogen-bond donors (Lipinski definition) is 1. The fourth-order valence-electron chi connectivity index (χ4n) is 5.31. The third kappa shape index (κ3) is 4.98. The van der Waals surface area contributed by atoms with Gasteiger partial charge in [0.15, 0.2) is 0 Å². The van der Waals surface area contributed by atoms with E-state index in [1.807, 2.05) is 66.9 Å². The summed E-state index contributed by atoms with van der Waals surface area (Å²) in [6.45, 7) is 1.87. The second-order valence-corrected chi connectivity index (χ2v) is 9.61. The van der Waals surface area contributed by atoms with E-state index in [2.05, 4.69) is 27.3 Å². The Morgan fingerprint density at radius 2 is 1.69 bits per heavy atom. The molecule has 2 aromatic carbocycles. The first-order chi connectivity index (χ1) is 19.2. The number of methoxy groups -OCH3 is 1. The zero-order chi connectivity index (χ0) is 26.6. The van der Waals surface area contributed by atoms with Gasteiger partial charge in [0.05, 0.1) is 12.8 Å². The monoisotopic (exact) mass is 518 g/mol. The molecule has 1 atom stereocenters. The zero-order valence-electron chi connectivity index (χ0n) is 21.8. The van der Waals surface area contributed by atoms with Crippen molar-refractivity contribution < 1.29 is 4.74 Å². The molecule has 1 unspecified atom stereocenters. The number of pyridine rings is 2. The Bertz CT molecular complexity index is 1600. The number of nitrogens with one attached hydrogen (secondary N) is 1. The third-order valence-electron chi connectivity index (χ3n) is 7.24. The molecule has 3 aromatic heterocycles. The van der Waals surface area contributed by atoms with E-state index in [9.17, 15) is 4.79 Å². The highest BCUT2D eigenvalue weighted by atomic mass is 16.5. The van der Waals surface area contributed by atoms with Gasteiger partial charge in [0.1, 0.15) is 17.4 Å². The van der Waals surface area contributed by atoms with Gasteiger partial charge in [-0.3, -0.25) is 14.3 Å². The fraction of sp³-hybridized carbons (Fsp3) is 0.226. The average Bonchev–Trinajstić information content (AvgIpc) is 3.00. The highest BCUT2D eigenvalue weighted by Gasteiger charge is 2.27. The standard InChI is InChI=1S/C31H30N6O2/c1-39-26-13-10-22(11-14-26)29(27-9-5-6-18-33-27)37-28(38)15-12-23-21-34-31(35-30(23)37)36(24-7-3-2-4-8-24)25-16-19-32-20-17-25/h2-15,18,21,25,29,32H,16-17,19-20H2,1H3. The molecule has 0 amide bonds. The number of para-hydroxylation sites is 1. The van der Waals surface area contributed by atoms with Gasteiger partial charge >= 0.3 is 0 Å². The summed E-state index contributed by atoms with van der Waals surface area (Å²) in [5.41, 5.74) is 3.09. The van der Waals surface area contributed by atoms with Crippen LogP contribution in [-0.2, 0) is 0 Å². The molecule has 196 valence electrons. The van der Waals surface area contributed by atoms with Gasteiger partial charge in [0.25, 0.3) is 5.56 Å². The summed E-state index contributed by atoms with van der Waals surface area (Å²) >= 11 is 0. The van der Waals surface area contributed by atoms with Gasteiger partial charge < -0.3 is 15.0 Å². The van der Waals surface area contributed by atoms with Gasteiger partial charge in [-0.25, -0.2) is 4.98 Å². The number of ether oxygens (including phenoxy) is 1. The minimum atomic E-state index is -0.486. The van der Waals surface area contributed by atoms with Crippen LogP contribution in [0.5, 0.6) is 5.75 Å². The lowest BCUT2D eigenvalue weighted by Gasteiger charge is -2.35. The lowest BCUT2D eigenvalue weighted by Crippen LogP contribution is -2.41. The highest BCUT2D eigenvalue weighted by Crippen LogP contribution is 2.32. The van der Waals surface area contributed by atoms with Crippen LogP contribution in [-0.4, -0.2) is 45.8 Å². The van der Waals surface area contributed by atoms with Crippen LogP contribution < -0.4 is 20.5 Å². The lowest BCUT2D eigenvalue weighted by atomic mass is 10.0. The summed E-state index contributed by atoms with van der Waals surface area (Å²) in [4.78, 5) is 30.4. The van der Waals surface area contributed by atoms with Gasteiger partial charge in [-0.1, -0.05) is 36.4 Å². The fourth-order valence-corrected chi connectivity index (χ4v) is 5.31. The largest absolute Gasteiger partial charge is 0.497 e. The topological polar surface area (TPSA) is 85.2 Å². The molecule has 8 nitrogen and oxygen atoms in total. The van der Waals surface area contributed by atoms with Crippen LogP contribution in [0.3, 0.4) is 0 Å². The Morgan fingerprint density at radius 3 is 2.41 bits per heavy atom. The molecule has 0 radical (unpaired) electrons. The van der Waals surface area contributed by atoms with Gasteiger partial charge in [0.2, 0.25) is 5.95 Å². The Kier molecular flexibility index (Phi) is 7.01. The summed E-state index contributed by atoms with van der Waals surface area (Å²) in [6, 6.07) is 26.8. The first kappa shape index (κ1) is 24.8. The van der Waals surface area contributed by atoms with E-state index < -0.39 is 6.04 Å². The van der Waals surface area contributed by atoms with Crippen molar-refractivity contribution in [2.24, 2.45) is 0 Å². The molecule has 0 aliphatic carbocycles. The minimum Gasteiger partial charge on any atom is -0.497 e. The van der Waals surface area contributed by atoms with E-state index in [0.717, 1.165) is 54.0 Å². The molecule has 0 spiro atoms. The molecule has 0 bridgehead atoms. The molecular weight excluding hydrogens is 488 g/mol. The van der Waals surface area contributed by atoms with Gasteiger partial charge in [-0.2, -0.15) is 4.98 Å². The molecule has 1 aliphatic heterocycles. The number of fused-ring (bicyclic) bond motifs is 1. The van der Waals surface area contributed by atoms with Crippen molar-refractivity contribution in [3.63, 3.8) is 0 Å². The Hall–Kier alpha value is -4.56. The molecule has 1 aliphatic rings. The SMILES string of the molecule is COc1ccc(C(c2ccccn2)n2c(=O)ccc3cnc(N(c4ccccc4)C4CCNCC4)nc32)cc1. The number of rotatable bonds is 7. The molecule has 4 heterocycles. The number of piperidine rings is 1. The van der Waals surface area contributed by atoms with Crippen molar-refractivity contribution in [1.29, 1.82) is 0 Å². The Labute approximate surface area is 227 Å². The third-order valence-corrected chi connectivity index (χ3v) is 7.24. The molecule has 1 N–H and O–H groups in total. The van der Waals surface area contributed by atoms with Crippen LogP contribution in [0.1, 0.15) is 30.1 Å².